The van der Waals surface area contributed by atoms with Crippen LogP contribution in [0.15, 0.2) is 71.6 Å². The summed E-state index contributed by atoms with van der Waals surface area (Å²) in [7, 11) is 0. The van der Waals surface area contributed by atoms with Gasteiger partial charge < -0.3 is 14.1 Å². The number of furan rings is 1. The SMILES string of the molecule is Cc1nc(COc2ccc(Cl)cc2)sc1C(=O)N(Cc1cccnc1)Cc1ccco1. The van der Waals surface area contributed by atoms with Crippen LogP contribution >= 0.6 is 22.9 Å². The lowest BCUT2D eigenvalue weighted by Crippen LogP contribution is -2.30. The lowest BCUT2D eigenvalue weighted by molar-refractivity contribution is 0.0721. The molecule has 0 spiro atoms. The van der Waals surface area contributed by atoms with Gasteiger partial charge in [0.15, 0.2) is 0 Å². The first-order chi connectivity index (χ1) is 15.1. The molecular weight excluding hydrogens is 434 g/mol. The number of rotatable bonds is 8. The molecule has 0 atom stereocenters. The zero-order valence-corrected chi connectivity index (χ0v) is 18.4. The molecule has 0 unspecified atom stereocenters. The zero-order chi connectivity index (χ0) is 21.6. The molecule has 0 N–H and O–H groups in total. The lowest BCUT2D eigenvalue weighted by atomic mass is 10.2. The lowest BCUT2D eigenvalue weighted by Gasteiger charge is -2.21. The molecule has 0 saturated heterocycles. The molecule has 8 heteroatoms. The summed E-state index contributed by atoms with van der Waals surface area (Å²) in [5.41, 5.74) is 1.62. The summed E-state index contributed by atoms with van der Waals surface area (Å²) >= 11 is 7.25. The molecule has 3 heterocycles. The average Bonchev–Trinajstić information content (AvgIpc) is 3.42. The van der Waals surface area contributed by atoms with E-state index >= 15 is 0 Å². The molecule has 0 aliphatic carbocycles. The molecule has 1 aromatic carbocycles. The smallest absolute Gasteiger partial charge is 0.266 e. The zero-order valence-electron chi connectivity index (χ0n) is 16.8. The summed E-state index contributed by atoms with van der Waals surface area (Å²) in [5, 5.41) is 1.38. The van der Waals surface area contributed by atoms with E-state index in [-0.39, 0.29) is 12.5 Å². The summed E-state index contributed by atoms with van der Waals surface area (Å²) in [5.74, 6) is 1.31. The maximum atomic E-state index is 13.4. The van der Waals surface area contributed by atoms with Gasteiger partial charge in [-0.25, -0.2) is 4.98 Å². The van der Waals surface area contributed by atoms with Crippen LogP contribution in [0.2, 0.25) is 5.02 Å². The molecule has 6 nitrogen and oxygen atoms in total. The molecule has 0 radical (unpaired) electrons. The van der Waals surface area contributed by atoms with E-state index in [0.717, 1.165) is 10.6 Å². The van der Waals surface area contributed by atoms with Crippen molar-refractivity contribution in [3.63, 3.8) is 0 Å². The second-order valence-electron chi connectivity index (χ2n) is 6.87. The highest BCUT2D eigenvalue weighted by Gasteiger charge is 2.23. The predicted octanol–water partition coefficient (Wildman–Crippen LogP) is 5.51. The normalized spacial score (nSPS) is 10.8. The van der Waals surface area contributed by atoms with E-state index < -0.39 is 0 Å². The molecule has 0 saturated carbocycles. The van der Waals surface area contributed by atoms with Crippen LogP contribution in [0.5, 0.6) is 5.75 Å². The van der Waals surface area contributed by atoms with E-state index in [2.05, 4.69) is 9.97 Å². The van der Waals surface area contributed by atoms with Gasteiger partial charge in [0, 0.05) is 24.0 Å². The second-order valence-corrected chi connectivity index (χ2v) is 8.39. The number of nitrogens with zero attached hydrogens (tertiary/aromatic N) is 3. The number of benzene rings is 1. The first kappa shape index (κ1) is 21.1. The average molecular weight is 454 g/mol. The van der Waals surface area contributed by atoms with Crippen LogP contribution in [0.25, 0.3) is 0 Å². The number of halogens is 1. The second kappa shape index (κ2) is 9.76. The molecule has 3 aromatic heterocycles. The Labute approximate surface area is 189 Å². The standard InChI is InChI=1S/C23H20ClN3O3S/c1-16-22(31-21(26-16)15-30-19-8-6-18(24)7-9-19)23(28)27(14-20-5-3-11-29-20)13-17-4-2-10-25-12-17/h2-12H,13-15H2,1H3. The van der Waals surface area contributed by atoms with Crippen LogP contribution in [0, 0.1) is 6.92 Å². The van der Waals surface area contributed by atoms with Crippen LogP contribution < -0.4 is 4.74 Å². The van der Waals surface area contributed by atoms with Crippen LogP contribution in [-0.2, 0) is 19.7 Å². The molecule has 4 rings (SSSR count). The molecule has 1 amide bonds. The largest absolute Gasteiger partial charge is 0.486 e. The van der Waals surface area contributed by atoms with Crippen LogP contribution in [0.4, 0.5) is 0 Å². The molecule has 0 aliphatic heterocycles. The fourth-order valence-corrected chi connectivity index (χ4v) is 4.11. The first-order valence-electron chi connectivity index (χ1n) is 9.64. The van der Waals surface area contributed by atoms with Crippen molar-refractivity contribution in [3.05, 3.63) is 99.1 Å². The van der Waals surface area contributed by atoms with Crippen molar-refractivity contribution in [2.75, 3.05) is 0 Å². The van der Waals surface area contributed by atoms with Gasteiger partial charge in [0.25, 0.3) is 5.91 Å². The minimum absolute atomic E-state index is 0.104. The Hall–Kier alpha value is -3.16. The van der Waals surface area contributed by atoms with Gasteiger partial charge >= 0.3 is 0 Å². The minimum atomic E-state index is -0.104. The van der Waals surface area contributed by atoms with Gasteiger partial charge in [-0.1, -0.05) is 17.7 Å². The number of pyridine rings is 1. The Morgan fingerprint density at radius 3 is 2.71 bits per heavy atom. The van der Waals surface area contributed by atoms with Crippen LogP contribution in [-0.4, -0.2) is 20.8 Å². The van der Waals surface area contributed by atoms with Crippen LogP contribution in [0.1, 0.15) is 31.7 Å². The van der Waals surface area contributed by atoms with Crippen molar-refractivity contribution in [2.45, 2.75) is 26.6 Å². The predicted molar refractivity (Wildman–Crippen MR) is 119 cm³/mol. The van der Waals surface area contributed by atoms with E-state index in [1.807, 2.05) is 31.2 Å². The molecule has 31 heavy (non-hydrogen) atoms. The number of carbonyl (C=O) groups is 1. The van der Waals surface area contributed by atoms with Gasteiger partial charge in [-0.05, 0) is 55.0 Å². The summed E-state index contributed by atoms with van der Waals surface area (Å²) < 4.78 is 11.2. The van der Waals surface area contributed by atoms with Crippen molar-refractivity contribution < 1.29 is 13.9 Å². The minimum Gasteiger partial charge on any atom is -0.486 e. The fraction of sp³-hybridized carbons (Fsp3) is 0.174. The number of aryl methyl sites for hydroxylation is 1. The van der Waals surface area contributed by atoms with Gasteiger partial charge in [-0.15, -0.1) is 11.3 Å². The Morgan fingerprint density at radius 2 is 2.00 bits per heavy atom. The third-order valence-corrected chi connectivity index (χ3v) is 5.89. The monoisotopic (exact) mass is 453 g/mol. The Bertz CT molecular complexity index is 1130. The number of thiazole rings is 1. The quantitative estimate of drug-likeness (QED) is 0.351. The summed E-state index contributed by atoms with van der Waals surface area (Å²) in [4.78, 5) is 24.4. The number of aromatic nitrogens is 2. The van der Waals surface area contributed by atoms with Gasteiger partial charge in [0.05, 0.1) is 18.5 Å². The van der Waals surface area contributed by atoms with E-state index in [4.69, 9.17) is 20.8 Å². The fourth-order valence-electron chi connectivity index (χ4n) is 3.03. The van der Waals surface area contributed by atoms with E-state index in [9.17, 15) is 4.79 Å². The third kappa shape index (κ3) is 5.51. The summed E-state index contributed by atoms with van der Waals surface area (Å²) in [6, 6.07) is 14.6. The van der Waals surface area contributed by atoms with Crippen molar-refractivity contribution in [2.24, 2.45) is 0 Å². The molecule has 0 bridgehead atoms. The molecule has 0 aliphatic rings. The highest BCUT2D eigenvalue weighted by atomic mass is 35.5. The number of ether oxygens (including phenoxy) is 1. The number of hydrogen-bond acceptors (Lipinski definition) is 6. The Morgan fingerprint density at radius 1 is 1.16 bits per heavy atom. The molecular formula is C23H20ClN3O3S. The van der Waals surface area contributed by atoms with Crippen LogP contribution in [0.3, 0.4) is 0 Å². The van der Waals surface area contributed by atoms with Crippen molar-refractivity contribution in [1.29, 1.82) is 0 Å². The Kier molecular flexibility index (Phi) is 6.64. The molecule has 158 valence electrons. The maximum absolute atomic E-state index is 13.4. The highest BCUT2D eigenvalue weighted by molar-refractivity contribution is 7.13. The third-order valence-electron chi connectivity index (χ3n) is 4.52. The van der Waals surface area contributed by atoms with Crippen molar-refractivity contribution in [3.8, 4) is 5.75 Å². The van der Waals surface area contributed by atoms with Gasteiger partial charge in [-0.2, -0.15) is 0 Å². The number of carbonyl (C=O) groups excluding carboxylic acids is 1. The summed E-state index contributed by atoms with van der Waals surface area (Å²) in [6.45, 7) is 2.89. The van der Waals surface area contributed by atoms with Crippen molar-refractivity contribution >= 4 is 28.8 Å². The van der Waals surface area contributed by atoms with E-state index in [1.54, 1.807) is 47.8 Å². The van der Waals surface area contributed by atoms with E-state index in [1.165, 1.54) is 11.3 Å². The van der Waals surface area contributed by atoms with Gasteiger partial charge in [-0.3, -0.25) is 9.78 Å². The molecule has 4 aromatic rings. The van der Waals surface area contributed by atoms with Gasteiger partial charge in [0.2, 0.25) is 0 Å². The topological polar surface area (TPSA) is 68.5 Å². The Balaban J connectivity index is 1.51. The summed E-state index contributed by atoms with van der Waals surface area (Å²) in [6.07, 6.45) is 5.07. The first-order valence-corrected chi connectivity index (χ1v) is 10.8. The molecule has 0 fully saturated rings. The van der Waals surface area contributed by atoms with Gasteiger partial charge in [0.1, 0.15) is 28.0 Å². The highest BCUT2D eigenvalue weighted by Crippen LogP contribution is 2.24. The maximum Gasteiger partial charge on any atom is 0.266 e. The van der Waals surface area contributed by atoms with E-state index in [0.29, 0.717) is 40.2 Å². The number of hydrogen-bond donors (Lipinski definition) is 0. The van der Waals surface area contributed by atoms with Crippen molar-refractivity contribution in [1.82, 2.24) is 14.9 Å². The number of amides is 1.